The van der Waals surface area contributed by atoms with E-state index in [1.165, 1.54) is 13.0 Å². The van der Waals surface area contributed by atoms with Gasteiger partial charge < -0.3 is 14.6 Å². The summed E-state index contributed by atoms with van der Waals surface area (Å²) in [5.74, 6) is 0.502. The summed E-state index contributed by atoms with van der Waals surface area (Å²) in [6.07, 6.45) is 4.39. The molecule has 4 rings (SSSR count). The lowest BCUT2D eigenvalue weighted by atomic mass is 10.00. The number of nitrogens with one attached hydrogen (secondary N) is 1. The molecule has 1 N–H and O–H groups in total. The van der Waals surface area contributed by atoms with Crippen LogP contribution in [0.25, 0.3) is 11.0 Å². The molecular weight excluding hydrogens is 322 g/mol. The van der Waals surface area contributed by atoms with E-state index < -0.39 is 0 Å². The van der Waals surface area contributed by atoms with Crippen molar-refractivity contribution in [3.63, 3.8) is 0 Å². The molecule has 4 heterocycles. The zero-order chi connectivity index (χ0) is 13.7. The zero-order valence-electron chi connectivity index (χ0n) is 10.8. The summed E-state index contributed by atoms with van der Waals surface area (Å²) >= 11 is 3.40. The Morgan fingerprint density at radius 3 is 3.15 bits per heavy atom. The number of fused-ring (bicyclic) bond motifs is 3. The van der Waals surface area contributed by atoms with Crippen LogP contribution in [0.2, 0.25) is 0 Å². The zero-order valence-corrected chi connectivity index (χ0v) is 12.4. The van der Waals surface area contributed by atoms with Gasteiger partial charge >= 0.3 is 0 Å². The highest BCUT2D eigenvalue weighted by molar-refractivity contribution is 9.10. The Bertz CT molecular complexity index is 684. The number of pyridine rings is 1. The van der Waals surface area contributed by atoms with Gasteiger partial charge in [-0.25, -0.2) is 4.98 Å². The van der Waals surface area contributed by atoms with E-state index in [0.29, 0.717) is 17.2 Å². The molecule has 2 aromatic rings. The summed E-state index contributed by atoms with van der Waals surface area (Å²) in [7, 11) is 0. The van der Waals surface area contributed by atoms with E-state index >= 15 is 0 Å². The third-order valence-corrected chi connectivity index (χ3v) is 4.91. The van der Waals surface area contributed by atoms with Gasteiger partial charge in [-0.3, -0.25) is 4.79 Å². The molecule has 6 heteroatoms. The topological polar surface area (TPSA) is 58.4 Å². The normalized spacial score (nSPS) is 28.1. The van der Waals surface area contributed by atoms with Crippen molar-refractivity contribution < 1.29 is 9.21 Å². The lowest BCUT2D eigenvalue weighted by molar-refractivity contribution is 0.0919. The van der Waals surface area contributed by atoms with Crippen LogP contribution in [0.4, 0.5) is 0 Å². The number of hydrogen-bond acceptors (Lipinski definition) is 4. The highest BCUT2D eigenvalue weighted by Gasteiger charge is 2.38. The Labute approximate surface area is 124 Å². The van der Waals surface area contributed by atoms with Crippen molar-refractivity contribution in [3.8, 4) is 0 Å². The average Bonchev–Trinajstić information content (AvgIpc) is 3.15. The summed E-state index contributed by atoms with van der Waals surface area (Å²) < 4.78 is 6.15. The standard InChI is InChI=1S/C14H14BrN3O2/c15-10-7-20-13-4-16-11(3-9(10)13)14(19)17-12-6-18-2-1-8(12)5-18/h3-4,7-8,12H,1-2,5-6H2,(H,17,19)/t8-,12-/m0/s1. The number of halogens is 1. The van der Waals surface area contributed by atoms with Crippen LogP contribution in [0.3, 0.4) is 0 Å². The van der Waals surface area contributed by atoms with Crippen molar-refractivity contribution in [3.05, 3.63) is 28.7 Å². The summed E-state index contributed by atoms with van der Waals surface area (Å²) in [6.45, 7) is 3.25. The molecule has 0 spiro atoms. The second-order valence-corrected chi connectivity index (χ2v) is 6.39. The van der Waals surface area contributed by atoms with Gasteiger partial charge in [0.1, 0.15) is 12.0 Å². The molecule has 1 unspecified atom stereocenters. The third kappa shape index (κ3) is 1.94. The van der Waals surface area contributed by atoms with Gasteiger partial charge in [0.05, 0.1) is 10.7 Å². The van der Waals surface area contributed by atoms with E-state index in [2.05, 4.69) is 31.1 Å². The number of carbonyl (C=O) groups is 1. The number of hydrogen-bond donors (Lipinski definition) is 1. The molecule has 2 saturated heterocycles. The molecule has 2 aliphatic heterocycles. The monoisotopic (exact) mass is 335 g/mol. The fraction of sp³-hybridized carbons (Fsp3) is 0.429. The number of carbonyl (C=O) groups excluding carboxylic acids is 1. The lowest BCUT2D eigenvalue weighted by Gasteiger charge is -2.22. The molecule has 5 nitrogen and oxygen atoms in total. The highest BCUT2D eigenvalue weighted by atomic mass is 79.9. The van der Waals surface area contributed by atoms with Gasteiger partial charge in [-0.05, 0) is 40.9 Å². The SMILES string of the molecule is O=C(N[C@H]1CN2CC[C@H]1C2)c1cc2c(Br)coc2cn1. The van der Waals surface area contributed by atoms with Crippen LogP contribution in [0.1, 0.15) is 16.9 Å². The largest absolute Gasteiger partial charge is 0.461 e. The van der Waals surface area contributed by atoms with E-state index in [4.69, 9.17) is 4.42 Å². The van der Waals surface area contributed by atoms with Crippen molar-refractivity contribution in [1.82, 2.24) is 15.2 Å². The Kier molecular flexibility index (Phi) is 2.82. The maximum atomic E-state index is 12.3. The van der Waals surface area contributed by atoms with E-state index in [-0.39, 0.29) is 11.9 Å². The molecule has 104 valence electrons. The van der Waals surface area contributed by atoms with Gasteiger partial charge in [0.2, 0.25) is 0 Å². The third-order valence-electron chi connectivity index (χ3n) is 4.30. The van der Waals surface area contributed by atoms with Crippen molar-refractivity contribution in [2.24, 2.45) is 5.92 Å². The molecule has 1 amide bonds. The number of piperidine rings is 1. The lowest BCUT2D eigenvalue weighted by Crippen LogP contribution is -2.43. The van der Waals surface area contributed by atoms with Gasteiger partial charge in [-0.2, -0.15) is 0 Å². The van der Waals surface area contributed by atoms with E-state index in [0.717, 1.165) is 22.9 Å². The summed E-state index contributed by atoms with van der Waals surface area (Å²) in [6, 6.07) is 2.03. The molecule has 0 aromatic carbocycles. The van der Waals surface area contributed by atoms with Crippen LogP contribution >= 0.6 is 15.9 Å². The Hall–Kier alpha value is -1.40. The molecule has 0 radical (unpaired) electrons. The first-order valence-corrected chi connectivity index (χ1v) is 7.56. The first kappa shape index (κ1) is 12.3. The minimum atomic E-state index is -0.0984. The van der Waals surface area contributed by atoms with E-state index in [1.54, 1.807) is 18.5 Å². The highest BCUT2D eigenvalue weighted by Crippen LogP contribution is 2.28. The van der Waals surface area contributed by atoms with Crippen molar-refractivity contribution in [2.75, 3.05) is 19.6 Å². The van der Waals surface area contributed by atoms with Crippen molar-refractivity contribution >= 4 is 32.8 Å². The van der Waals surface area contributed by atoms with Gasteiger partial charge in [0.15, 0.2) is 5.58 Å². The molecule has 2 fully saturated rings. The van der Waals surface area contributed by atoms with Crippen LogP contribution in [0.5, 0.6) is 0 Å². The van der Waals surface area contributed by atoms with Gasteiger partial charge in [0, 0.05) is 24.5 Å². The van der Waals surface area contributed by atoms with Crippen LogP contribution in [-0.4, -0.2) is 41.5 Å². The summed E-state index contributed by atoms with van der Waals surface area (Å²) in [5.41, 5.74) is 1.12. The van der Waals surface area contributed by atoms with Crippen LogP contribution in [0.15, 0.2) is 27.4 Å². The molecular formula is C14H14BrN3O2. The van der Waals surface area contributed by atoms with Crippen LogP contribution in [0, 0.1) is 5.92 Å². The maximum absolute atomic E-state index is 12.3. The molecule has 0 aliphatic carbocycles. The van der Waals surface area contributed by atoms with Gasteiger partial charge in [-0.15, -0.1) is 0 Å². The fourth-order valence-electron chi connectivity index (χ4n) is 3.22. The maximum Gasteiger partial charge on any atom is 0.270 e. The Balaban J connectivity index is 1.56. The Morgan fingerprint density at radius 2 is 2.40 bits per heavy atom. The molecule has 0 saturated carbocycles. The minimum Gasteiger partial charge on any atom is -0.461 e. The molecule has 2 aromatic heterocycles. The predicted molar refractivity (Wildman–Crippen MR) is 77.5 cm³/mol. The molecule has 3 atom stereocenters. The smallest absolute Gasteiger partial charge is 0.270 e. The number of furan rings is 1. The second kappa shape index (κ2) is 4.56. The van der Waals surface area contributed by atoms with Crippen LogP contribution < -0.4 is 5.32 Å². The predicted octanol–water partition coefficient (Wildman–Crippen LogP) is 2.02. The number of rotatable bonds is 2. The van der Waals surface area contributed by atoms with E-state index in [1.807, 2.05) is 0 Å². The number of aromatic nitrogens is 1. The fourth-order valence-corrected chi connectivity index (χ4v) is 3.62. The van der Waals surface area contributed by atoms with Crippen molar-refractivity contribution in [2.45, 2.75) is 12.5 Å². The van der Waals surface area contributed by atoms with Crippen LogP contribution in [-0.2, 0) is 0 Å². The molecule has 20 heavy (non-hydrogen) atoms. The average molecular weight is 336 g/mol. The van der Waals surface area contributed by atoms with Crippen molar-refractivity contribution in [1.29, 1.82) is 0 Å². The molecule has 2 bridgehead atoms. The Morgan fingerprint density at radius 1 is 1.50 bits per heavy atom. The van der Waals surface area contributed by atoms with E-state index in [9.17, 15) is 4.79 Å². The van der Waals surface area contributed by atoms with Gasteiger partial charge in [0.25, 0.3) is 5.91 Å². The molecule has 2 aliphatic rings. The first-order valence-electron chi connectivity index (χ1n) is 6.76. The quantitative estimate of drug-likeness (QED) is 0.912. The second-order valence-electron chi connectivity index (χ2n) is 5.54. The minimum absolute atomic E-state index is 0.0984. The summed E-state index contributed by atoms with van der Waals surface area (Å²) in [4.78, 5) is 18.9. The number of amides is 1. The van der Waals surface area contributed by atoms with Gasteiger partial charge in [-0.1, -0.05) is 0 Å². The first-order chi connectivity index (χ1) is 9.70. The summed E-state index contributed by atoms with van der Waals surface area (Å²) in [5, 5.41) is 3.99. The number of nitrogens with zero attached hydrogens (tertiary/aromatic N) is 2.